The average molecular weight is 347 g/mol. The maximum Gasteiger partial charge on any atom is 0.324 e. The van der Waals surface area contributed by atoms with Crippen molar-refractivity contribution in [3.63, 3.8) is 0 Å². The minimum Gasteiger partial charge on any atom is -0.336 e. The average Bonchev–Trinajstić information content (AvgIpc) is 3.27. The maximum absolute atomic E-state index is 12.5. The number of hydrogen-bond donors (Lipinski definition) is 1. The molecule has 23 heavy (non-hydrogen) atoms. The normalized spacial score (nSPS) is 21.3. The molecular weight excluding hydrogens is 330 g/mol. The number of carbonyl (C=O) groups is 2. The second-order valence-electron chi connectivity index (χ2n) is 5.71. The van der Waals surface area contributed by atoms with Gasteiger partial charge in [-0.05, 0) is 34.9 Å². The van der Waals surface area contributed by atoms with Gasteiger partial charge in [0.1, 0.15) is 0 Å². The lowest BCUT2D eigenvalue weighted by Gasteiger charge is -2.35. The van der Waals surface area contributed by atoms with Gasteiger partial charge in [0.25, 0.3) is 0 Å². The standard InChI is InChI=1S/C16H17N3O2S2/c20-14(19-7-5-17-16(19)21)10-18-6-3-12-11(4-9-23-12)15(18)13-2-1-8-22-13/h1-2,4,8-9,15H,3,5-7,10H2,(H,17,21)/t15-/m1/s1. The zero-order valence-electron chi connectivity index (χ0n) is 12.5. The molecule has 5 nitrogen and oxygen atoms in total. The molecule has 0 saturated carbocycles. The molecule has 7 heteroatoms. The van der Waals surface area contributed by atoms with Crippen molar-refractivity contribution in [1.29, 1.82) is 0 Å². The van der Waals surface area contributed by atoms with Crippen molar-refractivity contribution in [1.82, 2.24) is 15.1 Å². The number of urea groups is 1. The zero-order valence-corrected chi connectivity index (χ0v) is 14.2. The van der Waals surface area contributed by atoms with Crippen LogP contribution in [-0.2, 0) is 11.2 Å². The first-order chi connectivity index (χ1) is 11.2. The van der Waals surface area contributed by atoms with Gasteiger partial charge in [0.2, 0.25) is 5.91 Å². The Morgan fingerprint density at radius 2 is 2.17 bits per heavy atom. The molecule has 1 N–H and O–H groups in total. The highest BCUT2D eigenvalue weighted by atomic mass is 32.1. The van der Waals surface area contributed by atoms with E-state index < -0.39 is 0 Å². The summed E-state index contributed by atoms with van der Waals surface area (Å²) in [7, 11) is 0. The minimum absolute atomic E-state index is 0.111. The van der Waals surface area contributed by atoms with Gasteiger partial charge >= 0.3 is 6.03 Å². The molecule has 0 unspecified atom stereocenters. The largest absolute Gasteiger partial charge is 0.336 e. The van der Waals surface area contributed by atoms with E-state index in [0.717, 1.165) is 13.0 Å². The third-order valence-electron chi connectivity index (χ3n) is 4.37. The van der Waals surface area contributed by atoms with Gasteiger partial charge in [0.15, 0.2) is 0 Å². The maximum atomic E-state index is 12.5. The summed E-state index contributed by atoms with van der Waals surface area (Å²) in [6, 6.07) is 6.20. The van der Waals surface area contributed by atoms with Gasteiger partial charge in [0, 0.05) is 29.4 Å². The van der Waals surface area contributed by atoms with E-state index in [9.17, 15) is 9.59 Å². The first kappa shape index (κ1) is 14.9. The number of amides is 3. The molecule has 3 amide bonds. The Hall–Kier alpha value is -1.70. The molecule has 1 fully saturated rings. The lowest BCUT2D eigenvalue weighted by atomic mass is 9.98. The molecule has 0 spiro atoms. The summed E-state index contributed by atoms with van der Waals surface area (Å²) in [6.45, 7) is 2.15. The fraction of sp³-hybridized carbons (Fsp3) is 0.375. The fourth-order valence-electron chi connectivity index (χ4n) is 3.29. The summed E-state index contributed by atoms with van der Waals surface area (Å²) in [6.07, 6.45) is 0.967. The Morgan fingerprint density at radius 3 is 2.91 bits per heavy atom. The molecule has 0 bridgehead atoms. The SMILES string of the molecule is O=C(CN1CCc2sccc2[C@@H]1c1cccs1)N1CCNC1=O. The van der Waals surface area contributed by atoms with Crippen molar-refractivity contribution in [2.45, 2.75) is 12.5 Å². The van der Waals surface area contributed by atoms with Crippen LogP contribution in [0.5, 0.6) is 0 Å². The van der Waals surface area contributed by atoms with E-state index in [1.807, 2.05) is 0 Å². The van der Waals surface area contributed by atoms with Crippen molar-refractivity contribution in [3.8, 4) is 0 Å². The van der Waals surface area contributed by atoms with Crippen LogP contribution < -0.4 is 5.32 Å². The topological polar surface area (TPSA) is 52.7 Å². The molecule has 4 heterocycles. The zero-order chi connectivity index (χ0) is 15.8. The van der Waals surface area contributed by atoms with E-state index >= 15 is 0 Å². The minimum atomic E-state index is -0.268. The highest BCUT2D eigenvalue weighted by Gasteiger charge is 2.34. The second kappa shape index (κ2) is 6.07. The summed E-state index contributed by atoms with van der Waals surface area (Å²) in [5.41, 5.74) is 1.31. The van der Waals surface area contributed by atoms with Gasteiger partial charge in [0.05, 0.1) is 12.6 Å². The van der Waals surface area contributed by atoms with Crippen LogP contribution >= 0.6 is 22.7 Å². The Balaban J connectivity index is 1.60. The number of imide groups is 1. The van der Waals surface area contributed by atoms with Crippen LogP contribution in [-0.4, -0.2) is 47.9 Å². The summed E-state index contributed by atoms with van der Waals surface area (Å²) in [5, 5.41) is 6.89. The molecule has 2 aromatic heterocycles. The van der Waals surface area contributed by atoms with Crippen molar-refractivity contribution in [2.75, 3.05) is 26.2 Å². The van der Waals surface area contributed by atoms with Gasteiger partial charge < -0.3 is 5.32 Å². The van der Waals surface area contributed by atoms with Crippen LogP contribution in [0.15, 0.2) is 29.0 Å². The highest BCUT2D eigenvalue weighted by Crippen LogP contribution is 2.39. The molecule has 0 aliphatic carbocycles. The number of hydrogen-bond acceptors (Lipinski definition) is 5. The molecule has 2 aliphatic heterocycles. The Labute approximate surface area is 142 Å². The predicted molar refractivity (Wildman–Crippen MR) is 90.9 cm³/mol. The van der Waals surface area contributed by atoms with Crippen LogP contribution in [0.1, 0.15) is 21.4 Å². The number of rotatable bonds is 3. The van der Waals surface area contributed by atoms with Crippen LogP contribution in [0.2, 0.25) is 0 Å². The fourth-order valence-corrected chi connectivity index (χ4v) is 5.07. The summed E-state index contributed by atoms with van der Waals surface area (Å²) >= 11 is 3.51. The van der Waals surface area contributed by atoms with E-state index in [1.165, 1.54) is 20.2 Å². The third kappa shape index (κ3) is 2.69. The van der Waals surface area contributed by atoms with E-state index in [0.29, 0.717) is 13.1 Å². The Morgan fingerprint density at radius 1 is 1.26 bits per heavy atom. The lowest BCUT2D eigenvalue weighted by molar-refractivity contribution is -0.129. The predicted octanol–water partition coefficient (Wildman–Crippen LogP) is 2.31. The summed E-state index contributed by atoms with van der Waals surface area (Å²) in [4.78, 5) is 30.4. The van der Waals surface area contributed by atoms with Crippen LogP contribution in [0.25, 0.3) is 0 Å². The highest BCUT2D eigenvalue weighted by molar-refractivity contribution is 7.10. The number of fused-ring (bicyclic) bond motifs is 1. The van der Waals surface area contributed by atoms with Gasteiger partial charge in [-0.15, -0.1) is 22.7 Å². The molecule has 4 rings (SSSR count). The molecular formula is C16H17N3O2S2. The number of nitrogens with one attached hydrogen (secondary N) is 1. The molecule has 0 radical (unpaired) electrons. The van der Waals surface area contributed by atoms with Crippen molar-refractivity contribution in [2.24, 2.45) is 0 Å². The smallest absolute Gasteiger partial charge is 0.324 e. The lowest BCUT2D eigenvalue weighted by Crippen LogP contribution is -2.45. The number of nitrogens with zero attached hydrogens (tertiary/aromatic N) is 2. The van der Waals surface area contributed by atoms with Gasteiger partial charge in [-0.1, -0.05) is 6.07 Å². The molecule has 120 valence electrons. The molecule has 1 saturated heterocycles. The van der Waals surface area contributed by atoms with Gasteiger partial charge in [-0.2, -0.15) is 0 Å². The second-order valence-corrected chi connectivity index (χ2v) is 7.69. The molecule has 2 aliphatic rings. The summed E-state index contributed by atoms with van der Waals surface area (Å²) < 4.78 is 0. The van der Waals surface area contributed by atoms with Gasteiger partial charge in [-0.3, -0.25) is 14.6 Å². The van der Waals surface area contributed by atoms with E-state index in [1.54, 1.807) is 22.7 Å². The first-order valence-corrected chi connectivity index (χ1v) is 9.42. The quantitative estimate of drug-likeness (QED) is 0.927. The van der Waals surface area contributed by atoms with Crippen LogP contribution in [0, 0.1) is 0 Å². The summed E-state index contributed by atoms with van der Waals surface area (Å²) in [5.74, 6) is -0.111. The molecule has 2 aromatic rings. The first-order valence-electron chi connectivity index (χ1n) is 7.66. The van der Waals surface area contributed by atoms with Gasteiger partial charge in [-0.25, -0.2) is 4.79 Å². The van der Waals surface area contributed by atoms with Crippen molar-refractivity contribution < 1.29 is 9.59 Å². The number of carbonyl (C=O) groups excluding carboxylic acids is 2. The van der Waals surface area contributed by atoms with Crippen LogP contribution in [0.3, 0.4) is 0 Å². The van der Waals surface area contributed by atoms with Crippen molar-refractivity contribution >= 4 is 34.6 Å². The van der Waals surface area contributed by atoms with E-state index in [-0.39, 0.29) is 24.5 Å². The molecule has 0 aromatic carbocycles. The van der Waals surface area contributed by atoms with Crippen molar-refractivity contribution in [3.05, 3.63) is 44.3 Å². The molecule has 1 atom stereocenters. The monoisotopic (exact) mass is 347 g/mol. The van der Waals surface area contributed by atoms with E-state index in [2.05, 4.69) is 39.2 Å². The van der Waals surface area contributed by atoms with E-state index in [4.69, 9.17) is 0 Å². The van der Waals surface area contributed by atoms with Crippen LogP contribution in [0.4, 0.5) is 4.79 Å². The Kier molecular flexibility index (Phi) is 3.92. The number of thiophene rings is 2. The third-order valence-corrected chi connectivity index (χ3v) is 6.30. The Bertz CT molecular complexity index is 726.